The van der Waals surface area contributed by atoms with Crippen LogP contribution in [0.2, 0.25) is 0 Å². The topological polar surface area (TPSA) is 55.6 Å². The Labute approximate surface area is 126 Å². The fourth-order valence-corrected chi connectivity index (χ4v) is 2.55. The molecule has 1 amide bonds. The average molecular weight is 288 g/mol. The Hall–Kier alpha value is -1.81. The van der Waals surface area contributed by atoms with Gasteiger partial charge < -0.3 is 15.4 Å². The first-order chi connectivity index (χ1) is 10.2. The van der Waals surface area contributed by atoms with Gasteiger partial charge in [0.25, 0.3) is 5.91 Å². The summed E-state index contributed by atoms with van der Waals surface area (Å²) in [6.45, 7) is 3.29. The second-order valence-corrected chi connectivity index (χ2v) is 5.22. The van der Waals surface area contributed by atoms with Crippen LogP contribution in [-0.2, 0) is 11.3 Å². The van der Waals surface area contributed by atoms with E-state index >= 15 is 0 Å². The van der Waals surface area contributed by atoms with Crippen LogP contribution in [0.25, 0.3) is 0 Å². The first-order valence-electron chi connectivity index (χ1n) is 7.65. The largest absolute Gasteiger partial charge is 0.484 e. The van der Waals surface area contributed by atoms with Gasteiger partial charge in [0, 0.05) is 18.8 Å². The minimum Gasteiger partial charge on any atom is -0.484 e. The third-order valence-corrected chi connectivity index (χ3v) is 3.75. The fraction of sp³-hybridized carbons (Fsp3) is 0.471. The maximum atomic E-state index is 12.3. The third kappa shape index (κ3) is 4.33. The first kappa shape index (κ1) is 15.6. The number of ether oxygens (including phenoxy) is 1. The fourth-order valence-electron chi connectivity index (χ4n) is 2.55. The van der Waals surface area contributed by atoms with Crippen molar-refractivity contribution in [2.75, 3.05) is 13.2 Å². The summed E-state index contributed by atoms with van der Waals surface area (Å²) in [5.41, 5.74) is 7.76. The molecule has 0 aromatic heterocycles. The zero-order valence-electron chi connectivity index (χ0n) is 12.7. The molecule has 1 aromatic rings. The van der Waals surface area contributed by atoms with Crippen molar-refractivity contribution in [2.45, 2.75) is 39.2 Å². The Morgan fingerprint density at radius 1 is 1.29 bits per heavy atom. The SMILES string of the molecule is CCN(C(=O)COc1ccc(CN)cc1)C1=CCCCC1. The van der Waals surface area contributed by atoms with E-state index in [0.29, 0.717) is 18.8 Å². The monoisotopic (exact) mass is 288 g/mol. The first-order valence-corrected chi connectivity index (χ1v) is 7.65. The number of nitrogens with two attached hydrogens (primary N) is 1. The lowest BCUT2D eigenvalue weighted by Gasteiger charge is -2.26. The van der Waals surface area contributed by atoms with Crippen LogP contribution in [0.15, 0.2) is 36.0 Å². The quantitative estimate of drug-likeness (QED) is 0.875. The van der Waals surface area contributed by atoms with Gasteiger partial charge in [-0.3, -0.25) is 4.79 Å². The van der Waals surface area contributed by atoms with E-state index in [9.17, 15) is 4.79 Å². The summed E-state index contributed by atoms with van der Waals surface area (Å²) >= 11 is 0. The molecule has 1 aliphatic rings. The number of benzene rings is 1. The van der Waals surface area contributed by atoms with Crippen molar-refractivity contribution in [3.8, 4) is 5.75 Å². The highest BCUT2D eigenvalue weighted by atomic mass is 16.5. The highest BCUT2D eigenvalue weighted by Crippen LogP contribution is 2.21. The van der Waals surface area contributed by atoms with Gasteiger partial charge in [-0.25, -0.2) is 0 Å². The molecule has 0 aliphatic heterocycles. The number of hydrogen-bond acceptors (Lipinski definition) is 3. The van der Waals surface area contributed by atoms with Gasteiger partial charge in [-0.1, -0.05) is 18.2 Å². The number of carbonyl (C=O) groups excluding carboxylic acids is 1. The maximum Gasteiger partial charge on any atom is 0.264 e. The summed E-state index contributed by atoms with van der Waals surface area (Å²) in [5.74, 6) is 0.725. The van der Waals surface area contributed by atoms with E-state index in [2.05, 4.69) is 6.08 Å². The molecule has 0 radical (unpaired) electrons. The van der Waals surface area contributed by atoms with Gasteiger partial charge in [0.05, 0.1) is 0 Å². The average Bonchev–Trinajstić information content (AvgIpc) is 2.55. The third-order valence-electron chi connectivity index (χ3n) is 3.75. The summed E-state index contributed by atoms with van der Waals surface area (Å²) in [6.07, 6.45) is 6.63. The maximum absolute atomic E-state index is 12.3. The normalized spacial score (nSPS) is 14.5. The molecule has 2 N–H and O–H groups in total. The molecule has 1 aliphatic carbocycles. The summed E-state index contributed by atoms with van der Waals surface area (Å²) in [6, 6.07) is 7.54. The molecule has 0 bridgehead atoms. The van der Waals surface area contributed by atoms with Crippen molar-refractivity contribution in [1.29, 1.82) is 0 Å². The second-order valence-electron chi connectivity index (χ2n) is 5.22. The van der Waals surface area contributed by atoms with Crippen LogP contribution >= 0.6 is 0 Å². The molecule has 0 atom stereocenters. The molecule has 4 nitrogen and oxygen atoms in total. The molecule has 0 unspecified atom stereocenters. The lowest BCUT2D eigenvalue weighted by molar-refractivity contribution is -0.131. The van der Waals surface area contributed by atoms with E-state index in [-0.39, 0.29) is 12.5 Å². The Balaban J connectivity index is 1.91. The number of rotatable bonds is 6. The van der Waals surface area contributed by atoms with Crippen molar-refractivity contribution in [3.63, 3.8) is 0 Å². The van der Waals surface area contributed by atoms with E-state index < -0.39 is 0 Å². The van der Waals surface area contributed by atoms with E-state index in [0.717, 1.165) is 30.5 Å². The van der Waals surface area contributed by atoms with Crippen molar-refractivity contribution in [2.24, 2.45) is 5.73 Å². The zero-order chi connectivity index (χ0) is 15.1. The lowest BCUT2D eigenvalue weighted by atomic mass is 10.0. The number of likely N-dealkylation sites (N-methyl/N-ethyl adjacent to an activating group) is 1. The Morgan fingerprint density at radius 3 is 2.62 bits per heavy atom. The minimum atomic E-state index is 0.0218. The van der Waals surface area contributed by atoms with E-state index in [4.69, 9.17) is 10.5 Å². The Morgan fingerprint density at radius 2 is 2.05 bits per heavy atom. The highest BCUT2D eigenvalue weighted by Gasteiger charge is 2.18. The summed E-state index contributed by atoms with van der Waals surface area (Å²) in [7, 11) is 0. The van der Waals surface area contributed by atoms with Gasteiger partial charge in [0.2, 0.25) is 0 Å². The van der Waals surface area contributed by atoms with Crippen molar-refractivity contribution < 1.29 is 9.53 Å². The molecule has 1 aromatic carbocycles. The van der Waals surface area contributed by atoms with Crippen LogP contribution < -0.4 is 10.5 Å². The van der Waals surface area contributed by atoms with Crippen molar-refractivity contribution in [3.05, 3.63) is 41.6 Å². The summed E-state index contributed by atoms with van der Waals surface area (Å²) in [5, 5.41) is 0. The molecule has 0 heterocycles. The van der Waals surface area contributed by atoms with Crippen molar-refractivity contribution >= 4 is 5.91 Å². The molecule has 114 valence electrons. The smallest absolute Gasteiger partial charge is 0.264 e. The molecule has 2 rings (SSSR count). The van der Waals surface area contributed by atoms with Crippen LogP contribution in [0.5, 0.6) is 5.75 Å². The Kier molecular flexibility index (Phi) is 5.81. The van der Waals surface area contributed by atoms with Crippen LogP contribution in [0, 0.1) is 0 Å². The zero-order valence-corrected chi connectivity index (χ0v) is 12.7. The molecule has 0 spiro atoms. The molecule has 4 heteroatoms. The predicted octanol–water partition coefficient (Wildman–Crippen LogP) is 2.83. The lowest BCUT2D eigenvalue weighted by Crippen LogP contribution is -2.34. The van der Waals surface area contributed by atoms with E-state index in [1.54, 1.807) is 0 Å². The number of amides is 1. The van der Waals surface area contributed by atoms with Gasteiger partial charge in [-0.15, -0.1) is 0 Å². The number of carbonyl (C=O) groups is 1. The van der Waals surface area contributed by atoms with Crippen LogP contribution in [0.1, 0.15) is 38.2 Å². The molecule has 0 saturated heterocycles. The van der Waals surface area contributed by atoms with Crippen LogP contribution in [0.3, 0.4) is 0 Å². The van der Waals surface area contributed by atoms with E-state index in [1.807, 2.05) is 36.1 Å². The van der Waals surface area contributed by atoms with Gasteiger partial charge in [0.1, 0.15) is 5.75 Å². The number of nitrogens with zero attached hydrogens (tertiary/aromatic N) is 1. The van der Waals surface area contributed by atoms with Gasteiger partial charge in [-0.2, -0.15) is 0 Å². The van der Waals surface area contributed by atoms with Crippen LogP contribution in [0.4, 0.5) is 0 Å². The summed E-state index contributed by atoms with van der Waals surface area (Å²) in [4.78, 5) is 14.2. The van der Waals surface area contributed by atoms with Gasteiger partial charge in [-0.05, 0) is 50.3 Å². The van der Waals surface area contributed by atoms with E-state index in [1.165, 1.54) is 6.42 Å². The van der Waals surface area contributed by atoms with Gasteiger partial charge in [0.15, 0.2) is 6.61 Å². The highest BCUT2D eigenvalue weighted by molar-refractivity contribution is 5.79. The standard InChI is InChI=1S/C17H24N2O2/c1-2-19(15-6-4-3-5-7-15)17(20)13-21-16-10-8-14(12-18)9-11-16/h6,8-11H,2-5,7,12-13,18H2,1H3. The number of hydrogen-bond donors (Lipinski definition) is 1. The molecule has 0 fully saturated rings. The Bertz CT molecular complexity index is 494. The summed E-state index contributed by atoms with van der Waals surface area (Å²) < 4.78 is 5.58. The predicted molar refractivity (Wildman–Crippen MR) is 83.8 cm³/mol. The second kappa shape index (κ2) is 7.84. The minimum absolute atomic E-state index is 0.0218. The van der Waals surface area contributed by atoms with Crippen LogP contribution in [-0.4, -0.2) is 24.0 Å². The van der Waals surface area contributed by atoms with Gasteiger partial charge >= 0.3 is 0 Å². The molecular weight excluding hydrogens is 264 g/mol. The number of allylic oxidation sites excluding steroid dienone is 2. The molecular formula is C17H24N2O2. The molecule has 21 heavy (non-hydrogen) atoms. The van der Waals surface area contributed by atoms with Crippen molar-refractivity contribution in [1.82, 2.24) is 4.90 Å². The molecule has 0 saturated carbocycles.